The normalized spacial score (nSPS) is 14.4. The average molecular weight is 355 g/mol. The van der Waals surface area contributed by atoms with Crippen LogP contribution in [0.25, 0.3) is 5.82 Å². The minimum atomic E-state index is -0.387. The predicted octanol–water partition coefficient (Wildman–Crippen LogP) is 1.96. The molecule has 0 unspecified atom stereocenters. The fourth-order valence-electron chi connectivity index (χ4n) is 2.77. The van der Waals surface area contributed by atoms with E-state index in [0.717, 1.165) is 18.8 Å². The Balaban J connectivity index is 1.54. The number of benzene rings is 1. The number of nitrogens with one attached hydrogen (secondary N) is 1. The van der Waals surface area contributed by atoms with Crippen LogP contribution in [0.2, 0.25) is 0 Å². The highest BCUT2D eigenvalue weighted by atomic mass is 19.1. The molecule has 0 aliphatic carbocycles. The van der Waals surface area contributed by atoms with E-state index in [-0.39, 0.29) is 23.4 Å². The Morgan fingerprint density at radius 1 is 1.15 bits per heavy atom. The maximum Gasteiger partial charge on any atom is 0.248 e. The molecule has 1 saturated heterocycles. The van der Waals surface area contributed by atoms with Gasteiger partial charge in [-0.1, -0.05) is 6.07 Å². The summed E-state index contributed by atoms with van der Waals surface area (Å²) >= 11 is 0. The van der Waals surface area contributed by atoms with Crippen molar-refractivity contribution >= 4 is 23.3 Å². The molecule has 4 rings (SSSR count). The minimum Gasteiger partial charge on any atom is -0.378 e. The Morgan fingerprint density at radius 3 is 2.73 bits per heavy atom. The minimum absolute atomic E-state index is 0.163. The lowest BCUT2D eigenvalue weighted by Gasteiger charge is -2.29. The maximum absolute atomic E-state index is 14.5. The molecule has 3 N–H and O–H groups in total. The van der Waals surface area contributed by atoms with Gasteiger partial charge in [-0.15, -0.1) is 5.10 Å². The Labute approximate surface area is 149 Å². The van der Waals surface area contributed by atoms with E-state index in [4.69, 9.17) is 10.5 Å². The smallest absolute Gasteiger partial charge is 0.248 e. The lowest BCUT2D eigenvalue weighted by molar-refractivity contribution is 0.122. The first-order valence-corrected chi connectivity index (χ1v) is 8.24. The quantitative estimate of drug-likeness (QED) is 0.739. The van der Waals surface area contributed by atoms with Gasteiger partial charge in [0.05, 0.1) is 18.9 Å². The van der Waals surface area contributed by atoms with Crippen molar-refractivity contribution in [3.63, 3.8) is 0 Å². The van der Waals surface area contributed by atoms with Crippen molar-refractivity contribution in [1.82, 2.24) is 19.7 Å². The zero-order valence-corrected chi connectivity index (χ0v) is 14.0. The molecule has 0 saturated carbocycles. The first-order valence-electron chi connectivity index (χ1n) is 8.24. The van der Waals surface area contributed by atoms with Crippen LogP contribution in [0, 0.1) is 5.82 Å². The van der Waals surface area contributed by atoms with E-state index in [1.54, 1.807) is 24.4 Å². The van der Waals surface area contributed by atoms with Crippen LogP contribution in [-0.2, 0) is 4.74 Å². The van der Waals surface area contributed by atoms with E-state index in [1.807, 2.05) is 12.1 Å². The van der Waals surface area contributed by atoms with Crippen molar-refractivity contribution in [2.45, 2.75) is 0 Å². The summed E-state index contributed by atoms with van der Waals surface area (Å²) in [6, 6.07) is 10.4. The van der Waals surface area contributed by atoms with Crippen LogP contribution >= 0.6 is 0 Å². The Hall–Kier alpha value is -3.20. The molecule has 0 spiro atoms. The number of morpholine rings is 1. The molecule has 1 aromatic carbocycles. The fourth-order valence-corrected chi connectivity index (χ4v) is 2.77. The van der Waals surface area contributed by atoms with Gasteiger partial charge in [0.15, 0.2) is 5.82 Å². The van der Waals surface area contributed by atoms with Crippen LogP contribution in [0.1, 0.15) is 0 Å². The van der Waals surface area contributed by atoms with Crippen molar-refractivity contribution in [2.75, 3.05) is 42.3 Å². The first-order chi connectivity index (χ1) is 12.7. The van der Waals surface area contributed by atoms with Crippen molar-refractivity contribution < 1.29 is 9.13 Å². The van der Waals surface area contributed by atoms with E-state index in [0.29, 0.717) is 19.0 Å². The summed E-state index contributed by atoms with van der Waals surface area (Å²) in [5.74, 6) is 0.512. The van der Waals surface area contributed by atoms with Gasteiger partial charge in [-0.3, -0.25) is 0 Å². The van der Waals surface area contributed by atoms with E-state index < -0.39 is 0 Å². The van der Waals surface area contributed by atoms with Crippen molar-refractivity contribution in [1.29, 1.82) is 0 Å². The number of nitrogen functional groups attached to an aromatic ring is 1. The molecule has 3 aromatic rings. The van der Waals surface area contributed by atoms with Gasteiger partial charge in [0.2, 0.25) is 11.9 Å². The molecule has 2 aromatic heterocycles. The molecule has 134 valence electrons. The molecule has 26 heavy (non-hydrogen) atoms. The van der Waals surface area contributed by atoms with Gasteiger partial charge in [0.1, 0.15) is 5.82 Å². The van der Waals surface area contributed by atoms with Crippen LogP contribution in [0.4, 0.5) is 27.7 Å². The van der Waals surface area contributed by atoms with E-state index in [9.17, 15) is 4.39 Å². The average Bonchev–Trinajstić information content (AvgIpc) is 3.05. The molecule has 1 aliphatic rings. The van der Waals surface area contributed by atoms with Crippen molar-refractivity contribution in [3.8, 4) is 5.82 Å². The molecular formula is C17H18FN7O. The zero-order chi connectivity index (χ0) is 17.9. The van der Waals surface area contributed by atoms with Crippen LogP contribution in [0.15, 0.2) is 42.6 Å². The predicted molar refractivity (Wildman–Crippen MR) is 96.3 cm³/mol. The highest BCUT2D eigenvalue weighted by molar-refractivity contribution is 5.61. The van der Waals surface area contributed by atoms with Gasteiger partial charge < -0.3 is 20.7 Å². The number of pyridine rings is 1. The standard InChI is InChI=1S/C17H18FN7O/c18-13-11-12(24-7-9-26-10-8-24)4-5-14(13)21-17-22-16(19)25(23-17)15-3-1-2-6-20-15/h1-6,11H,7-10H2,(H3,19,21,22,23). The van der Waals surface area contributed by atoms with E-state index >= 15 is 0 Å². The van der Waals surface area contributed by atoms with E-state index in [2.05, 4.69) is 25.3 Å². The van der Waals surface area contributed by atoms with Gasteiger partial charge in [-0.2, -0.15) is 9.67 Å². The Bertz CT molecular complexity index is 893. The van der Waals surface area contributed by atoms with Crippen LogP contribution in [0.3, 0.4) is 0 Å². The Morgan fingerprint density at radius 2 is 2.00 bits per heavy atom. The number of ether oxygens (including phenoxy) is 1. The fraction of sp³-hybridized carbons (Fsp3) is 0.235. The summed E-state index contributed by atoms with van der Waals surface area (Å²) < 4.78 is 21.2. The van der Waals surface area contributed by atoms with Gasteiger partial charge >= 0.3 is 0 Å². The summed E-state index contributed by atoms with van der Waals surface area (Å²) in [5.41, 5.74) is 6.98. The third-order valence-corrected chi connectivity index (χ3v) is 4.07. The summed E-state index contributed by atoms with van der Waals surface area (Å²) in [6.45, 7) is 2.79. The summed E-state index contributed by atoms with van der Waals surface area (Å²) in [7, 11) is 0. The zero-order valence-electron chi connectivity index (χ0n) is 14.0. The van der Waals surface area contributed by atoms with Crippen LogP contribution in [-0.4, -0.2) is 46.1 Å². The number of nitrogens with two attached hydrogens (primary N) is 1. The summed E-state index contributed by atoms with van der Waals surface area (Å²) in [4.78, 5) is 10.4. The number of anilines is 4. The number of rotatable bonds is 4. The SMILES string of the molecule is Nc1nc(Nc2ccc(N3CCOCC3)cc2F)nn1-c1ccccn1. The van der Waals surface area contributed by atoms with Gasteiger partial charge in [-0.05, 0) is 30.3 Å². The number of nitrogens with zero attached hydrogens (tertiary/aromatic N) is 5. The van der Waals surface area contributed by atoms with Gasteiger partial charge in [-0.25, -0.2) is 9.37 Å². The molecule has 3 heterocycles. The number of hydrogen-bond acceptors (Lipinski definition) is 7. The van der Waals surface area contributed by atoms with E-state index in [1.165, 1.54) is 10.7 Å². The molecule has 0 bridgehead atoms. The Kier molecular flexibility index (Phi) is 4.36. The molecule has 0 atom stereocenters. The third-order valence-electron chi connectivity index (χ3n) is 4.07. The topological polar surface area (TPSA) is 94.1 Å². The monoisotopic (exact) mass is 355 g/mol. The lowest BCUT2D eigenvalue weighted by Crippen LogP contribution is -2.36. The second-order valence-electron chi connectivity index (χ2n) is 5.78. The van der Waals surface area contributed by atoms with Gasteiger partial charge in [0.25, 0.3) is 0 Å². The molecule has 9 heteroatoms. The summed E-state index contributed by atoms with van der Waals surface area (Å²) in [5, 5.41) is 7.11. The number of halogens is 1. The lowest BCUT2D eigenvalue weighted by atomic mass is 10.2. The third kappa shape index (κ3) is 3.29. The molecule has 0 radical (unpaired) electrons. The number of aromatic nitrogens is 4. The van der Waals surface area contributed by atoms with Crippen LogP contribution in [0.5, 0.6) is 0 Å². The second-order valence-corrected chi connectivity index (χ2v) is 5.78. The molecule has 8 nitrogen and oxygen atoms in total. The van der Waals surface area contributed by atoms with Crippen LogP contribution < -0.4 is 16.0 Å². The summed E-state index contributed by atoms with van der Waals surface area (Å²) in [6.07, 6.45) is 1.63. The van der Waals surface area contributed by atoms with Crippen molar-refractivity contribution in [3.05, 3.63) is 48.4 Å². The molecular weight excluding hydrogens is 337 g/mol. The first kappa shape index (κ1) is 16.3. The van der Waals surface area contributed by atoms with Gasteiger partial charge in [0, 0.05) is 25.0 Å². The second kappa shape index (κ2) is 6.96. The number of hydrogen-bond donors (Lipinski definition) is 2. The highest BCUT2D eigenvalue weighted by Crippen LogP contribution is 2.25. The van der Waals surface area contributed by atoms with Crippen molar-refractivity contribution in [2.24, 2.45) is 0 Å². The molecule has 1 fully saturated rings. The maximum atomic E-state index is 14.5. The highest BCUT2D eigenvalue weighted by Gasteiger charge is 2.15. The molecule has 1 aliphatic heterocycles. The largest absolute Gasteiger partial charge is 0.378 e. The molecule has 0 amide bonds.